The summed E-state index contributed by atoms with van der Waals surface area (Å²) in [6, 6.07) is 102. The standard InChI is InChI=1S/C75H47N7/c1-4-18-48(19-5-1)50-32-36-52(37-33-50)73-76-74(53-38-34-51(35-39-53)49-20-6-2-7-21-49)78-75(77-73)82-70-45-41-56(80-67-30-16-12-26-59(67)60-27-13-17-31-68(60)80)47-64(70)62-43-42-61-63-46-55(79-65-28-14-10-24-57(65)58-25-11-15-29-66(58)79)40-44-69(63)81(71(61)72(62)82)54-22-8-3-9-23-54/h1-47H. The molecule has 5 aromatic heterocycles. The van der Waals surface area contributed by atoms with Gasteiger partial charge in [0.1, 0.15) is 0 Å². The lowest BCUT2D eigenvalue weighted by Gasteiger charge is -2.14. The summed E-state index contributed by atoms with van der Waals surface area (Å²) < 4.78 is 9.56. The van der Waals surface area contributed by atoms with Gasteiger partial charge in [0.15, 0.2) is 11.6 Å². The second-order valence-corrected chi connectivity index (χ2v) is 21.2. The molecular formula is C75H47N7. The van der Waals surface area contributed by atoms with E-state index in [1.165, 1.54) is 32.6 Å². The van der Waals surface area contributed by atoms with Crippen molar-refractivity contribution in [3.05, 3.63) is 285 Å². The van der Waals surface area contributed by atoms with Crippen molar-refractivity contribution in [3.63, 3.8) is 0 Å². The van der Waals surface area contributed by atoms with Crippen LogP contribution in [0.1, 0.15) is 0 Å². The second-order valence-electron chi connectivity index (χ2n) is 21.2. The summed E-state index contributed by atoms with van der Waals surface area (Å²) in [5, 5.41) is 9.30. The number of hydrogen-bond donors (Lipinski definition) is 0. The summed E-state index contributed by atoms with van der Waals surface area (Å²) in [5.41, 5.74) is 18.3. The average Bonchev–Trinajstić information content (AvgIpc) is 2.41. The molecule has 0 spiro atoms. The van der Waals surface area contributed by atoms with Gasteiger partial charge in [-0.2, -0.15) is 9.97 Å². The van der Waals surface area contributed by atoms with Crippen LogP contribution in [0.15, 0.2) is 285 Å². The molecule has 0 saturated heterocycles. The molecule has 82 heavy (non-hydrogen) atoms. The first-order valence-electron chi connectivity index (χ1n) is 27.8. The van der Waals surface area contributed by atoms with E-state index in [-0.39, 0.29) is 0 Å². The highest BCUT2D eigenvalue weighted by atomic mass is 15.2. The van der Waals surface area contributed by atoms with Gasteiger partial charge in [-0.15, -0.1) is 0 Å². The first-order valence-corrected chi connectivity index (χ1v) is 27.8. The fraction of sp³-hybridized carbons (Fsp3) is 0. The zero-order valence-corrected chi connectivity index (χ0v) is 44.3. The average molecular weight is 1050 g/mol. The monoisotopic (exact) mass is 1050 g/mol. The third-order valence-electron chi connectivity index (χ3n) is 16.6. The van der Waals surface area contributed by atoms with Crippen molar-refractivity contribution in [2.75, 3.05) is 0 Å². The smallest absolute Gasteiger partial charge is 0.238 e. The highest BCUT2D eigenvalue weighted by Crippen LogP contribution is 2.44. The molecule has 382 valence electrons. The van der Waals surface area contributed by atoms with Gasteiger partial charge in [0.05, 0.1) is 44.1 Å². The lowest BCUT2D eigenvalue weighted by molar-refractivity contribution is 0.953. The third-order valence-corrected chi connectivity index (χ3v) is 16.6. The fourth-order valence-corrected chi connectivity index (χ4v) is 12.9. The van der Waals surface area contributed by atoms with E-state index in [0.29, 0.717) is 17.6 Å². The number of benzene rings is 12. The maximum absolute atomic E-state index is 5.59. The molecule has 0 aliphatic heterocycles. The molecule has 0 atom stereocenters. The van der Waals surface area contributed by atoms with Crippen LogP contribution in [0, 0.1) is 0 Å². The Hall–Kier alpha value is -11.2. The van der Waals surface area contributed by atoms with E-state index >= 15 is 0 Å². The normalized spacial score (nSPS) is 11.9. The SMILES string of the molecule is c1ccc(-c2ccc(-c3nc(-c4ccc(-c5ccccc5)cc4)nc(-n4c5ccc(-n6c7ccccc7c7ccccc76)cc5c5ccc6c7cc(-n8c9ccccc9c9ccccc98)ccc7n(-c7ccccc7)c6c54)n3)cc2)cc1. The highest BCUT2D eigenvalue weighted by molar-refractivity contribution is 6.24. The molecule has 0 aliphatic rings. The number of hydrogen-bond acceptors (Lipinski definition) is 3. The lowest BCUT2D eigenvalue weighted by atomic mass is 10.0. The van der Waals surface area contributed by atoms with Crippen molar-refractivity contribution in [2.45, 2.75) is 0 Å². The zero-order chi connectivity index (χ0) is 53.8. The topological polar surface area (TPSA) is 58.4 Å². The van der Waals surface area contributed by atoms with E-state index < -0.39 is 0 Å². The number of para-hydroxylation sites is 5. The predicted molar refractivity (Wildman–Crippen MR) is 339 cm³/mol. The molecular weight excluding hydrogens is 999 g/mol. The maximum Gasteiger partial charge on any atom is 0.238 e. The molecule has 0 unspecified atom stereocenters. The molecule has 0 radical (unpaired) electrons. The van der Waals surface area contributed by atoms with Gasteiger partial charge in [-0.1, -0.05) is 212 Å². The van der Waals surface area contributed by atoms with Gasteiger partial charge >= 0.3 is 0 Å². The van der Waals surface area contributed by atoms with Gasteiger partial charge in [-0.25, -0.2) is 4.98 Å². The van der Waals surface area contributed by atoms with E-state index in [2.05, 4.69) is 303 Å². The Balaban J connectivity index is 0.978. The minimum absolute atomic E-state index is 0.521. The zero-order valence-electron chi connectivity index (χ0n) is 44.3. The lowest BCUT2D eigenvalue weighted by Crippen LogP contribution is -2.07. The molecule has 7 heteroatoms. The molecule has 5 heterocycles. The van der Waals surface area contributed by atoms with E-state index in [4.69, 9.17) is 15.0 Å². The number of rotatable bonds is 8. The maximum atomic E-state index is 5.59. The first kappa shape index (κ1) is 45.8. The Labute approximate surface area is 471 Å². The van der Waals surface area contributed by atoms with E-state index in [0.717, 1.165) is 105 Å². The van der Waals surface area contributed by atoms with Gasteiger partial charge in [0, 0.05) is 71.3 Å². The highest BCUT2D eigenvalue weighted by Gasteiger charge is 2.26. The van der Waals surface area contributed by atoms with Crippen LogP contribution in [0.5, 0.6) is 0 Å². The van der Waals surface area contributed by atoms with Gasteiger partial charge in [0.25, 0.3) is 0 Å². The van der Waals surface area contributed by atoms with Crippen LogP contribution in [-0.4, -0.2) is 33.2 Å². The summed E-state index contributed by atoms with van der Waals surface area (Å²) in [4.78, 5) is 16.5. The summed E-state index contributed by atoms with van der Waals surface area (Å²) in [7, 11) is 0. The van der Waals surface area contributed by atoms with Crippen LogP contribution in [0.4, 0.5) is 0 Å². The summed E-state index contributed by atoms with van der Waals surface area (Å²) in [5.74, 6) is 1.68. The van der Waals surface area contributed by atoms with Gasteiger partial charge < -0.3 is 13.7 Å². The first-order chi connectivity index (χ1) is 40.7. The Morgan fingerprint density at radius 2 is 0.524 bits per heavy atom. The van der Waals surface area contributed by atoms with E-state index in [1.54, 1.807) is 0 Å². The molecule has 7 nitrogen and oxygen atoms in total. The van der Waals surface area contributed by atoms with Crippen molar-refractivity contribution in [3.8, 4) is 68.0 Å². The van der Waals surface area contributed by atoms with Crippen LogP contribution in [0.25, 0.3) is 155 Å². The van der Waals surface area contributed by atoms with Crippen LogP contribution < -0.4 is 0 Å². The van der Waals surface area contributed by atoms with Gasteiger partial charge in [-0.3, -0.25) is 4.57 Å². The van der Waals surface area contributed by atoms with Crippen LogP contribution in [0.3, 0.4) is 0 Å². The van der Waals surface area contributed by atoms with E-state index in [1.807, 2.05) is 0 Å². The molecule has 17 rings (SSSR count). The Morgan fingerprint density at radius 1 is 0.195 bits per heavy atom. The largest absolute Gasteiger partial charge is 0.309 e. The molecule has 12 aromatic carbocycles. The van der Waals surface area contributed by atoms with Gasteiger partial charge in [0.2, 0.25) is 5.95 Å². The quantitative estimate of drug-likeness (QED) is 0.152. The molecule has 0 saturated carbocycles. The summed E-state index contributed by atoms with van der Waals surface area (Å²) in [6.45, 7) is 0. The van der Waals surface area contributed by atoms with Crippen molar-refractivity contribution < 1.29 is 0 Å². The number of fused-ring (bicyclic) bond motifs is 13. The molecule has 0 aliphatic carbocycles. The van der Waals surface area contributed by atoms with E-state index in [9.17, 15) is 0 Å². The van der Waals surface area contributed by atoms with Crippen molar-refractivity contribution >= 4 is 87.2 Å². The van der Waals surface area contributed by atoms with Crippen LogP contribution in [-0.2, 0) is 0 Å². The minimum Gasteiger partial charge on any atom is -0.309 e. The number of nitrogens with zero attached hydrogens (tertiary/aromatic N) is 7. The molecule has 0 N–H and O–H groups in total. The number of aromatic nitrogens is 7. The molecule has 17 aromatic rings. The third kappa shape index (κ3) is 7.06. The predicted octanol–water partition coefficient (Wildman–Crippen LogP) is 18.9. The Bertz CT molecular complexity index is 5150. The van der Waals surface area contributed by atoms with Crippen LogP contribution in [0.2, 0.25) is 0 Å². The van der Waals surface area contributed by atoms with Crippen molar-refractivity contribution in [2.24, 2.45) is 0 Å². The molecule has 0 fully saturated rings. The van der Waals surface area contributed by atoms with Crippen molar-refractivity contribution in [1.82, 2.24) is 33.2 Å². The van der Waals surface area contributed by atoms with Crippen molar-refractivity contribution in [1.29, 1.82) is 0 Å². The fourth-order valence-electron chi connectivity index (χ4n) is 12.9. The second kappa shape index (κ2) is 18.2. The van der Waals surface area contributed by atoms with Gasteiger partial charge in [-0.05, 0) is 95.1 Å². The summed E-state index contributed by atoms with van der Waals surface area (Å²) in [6.07, 6.45) is 0. The Morgan fingerprint density at radius 3 is 0.951 bits per heavy atom. The Kier molecular flexibility index (Phi) is 10.2. The molecule has 0 amide bonds. The summed E-state index contributed by atoms with van der Waals surface area (Å²) >= 11 is 0. The molecule has 0 bridgehead atoms. The van der Waals surface area contributed by atoms with Crippen LogP contribution >= 0.6 is 0 Å². The minimum atomic E-state index is 0.521.